The van der Waals surface area contributed by atoms with E-state index in [2.05, 4.69) is 28.9 Å². The molecular formula is C26H33N3O3. The van der Waals surface area contributed by atoms with Crippen molar-refractivity contribution in [1.82, 2.24) is 10.6 Å². The van der Waals surface area contributed by atoms with E-state index in [1.807, 2.05) is 44.2 Å². The molecule has 2 aromatic carbocycles. The summed E-state index contributed by atoms with van der Waals surface area (Å²) in [6.07, 6.45) is 2.96. The number of anilines is 1. The average Bonchev–Trinajstić information content (AvgIpc) is 3.07. The Morgan fingerprint density at radius 1 is 0.875 bits per heavy atom. The molecule has 0 saturated carbocycles. The molecule has 6 nitrogen and oxygen atoms in total. The van der Waals surface area contributed by atoms with E-state index >= 15 is 0 Å². The van der Waals surface area contributed by atoms with Crippen LogP contribution in [-0.4, -0.2) is 30.8 Å². The van der Waals surface area contributed by atoms with E-state index in [4.69, 9.17) is 0 Å². The fraction of sp³-hybridized carbons (Fsp3) is 0.423. The van der Waals surface area contributed by atoms with Crippen molar-refractivity contribution in [2.24, 2.45) is 0 Å². The molecule has 1 aliphatic rings. The summed E-state index contributed by atoms with van der Waals surface area (Å²) >= 11 is 0. The van der Waals surface area contributed by atoms with Crippen molar-refractivity contribution in [3.8, 4) is 11.1 Å². The van der Waals surface area contributed by atoms with Crippen LogP contribution in [0.1, 0.15) is 80.3 Å². The Balaban J connectivity index is 1.69. The maximum absolute atomic E-state index is 12.7. The van der Waals surface area contributed by atoms with Gasteiger partial charge >= 0.3 is 0 Å². The Morgan fingerprint density at radius 2 is 1.59 bits per heavy atom. The largest absolute Gasteiger partial charge is 0.356 e. The van der Waals surface area contributed by atoms with Crippen molar-refractivity contribution >= 4 is 23.4 Å². The molecule has 1 atom stereocenters. The van der Waals surface area contributed by atoms with Crippen molar-refractivity contribution in [3.63, 3.8) is 0 Å². The number of benzene rings is 2. The molecular weight excluding hydrogens is 402 g/mol. The van der Waals surface area contributed by atoms with Gasteiger partial charge < -0.3 is 16.0 Å². The second-order valence-corrected chi connectivity index (χ2v) is 8.30. The van der Waals surface area contributed by atoms with Gasteiger partial charge in [0.25, 0.3) is 5.91 Å². The highest BCUT2D eigenvalue weighted by molar-refractivity contribution is 6.04. The van der Waals surface area contributed by atoms with Gasteiger partial charge in [-0.05, 0) is 59.7 Å². The van der Waals surface area contributed by atoms with Gasteiger partial charge in [-0.2, -0.15) is 0 Å². The van der Waals surface area contributed by atoms with Gasteiger partial charge in [0.1, 0.15) is 0 Å². The monoisotopic (exact) mass is 435 g/mol. The van der Waals surface area contributed by atoms with Gasteiger partial charge in [-0.3, -0.25) is 14.4 Å². The summed E-state index contributed by atoms with van der Waals surface area (Å²) in [6, 6.07) is 11.7. The van der Waals surface area contributed by atoms with E-state index in [1.165, 1.54) is 0 Å². The second kappa shape index (κ2) is 10.9. The maximum Gasteiger partial charge on any atom is 0.251 e. The Bertz CT molecular complexity index is 1000. The molecule has 3 N–H and O–H groups in total. The minimum atomic E-state index is -0.101. The van der Waals surface area contributed by atoms with E-state index in [1.54, 1.807) is 0 Å². The number of carbonyl (C=O) groups is 3. The van der Waals surface area contributed by atoms with Gasteiger partial charge in [-0.1, -0.05) is 39.0 Å². The summed E-state index contributed by atoms with van der Waals surface area (Å²) in [7, 11) is 0. The predicted octanol–water partition coefficient (Wildman–Crippen LogP) is 4.59. The lowest BCUT2D eigenvalue weighted by Gasteiger charge is -2.11. The third-order valence-electron chi connectivity index (χ3n) is 5.79. The highest BCUT2D eigenvalue weighted by Gasteiger charge is 2.29. The molecule has 0 radical (unpaired) electrons. The molecule has 170 valence electrons. The first-order valence-electron chi connectivity index (χ1n) is 11.6. The van der Waals surface area contributed by atoms with Crippen LogP contribution < -0.4 is 16.0 Å². The van der Waals surface area contributed by atoms with Crippen LogP contribution in [0, 0.1) is 0 Å². The number of rotatable bonds is 10. The molecule has 3 amide bonds. The van der Waals surface area contributed by atoms with Crippen molar-refractivity contribution in [2.45, 2.75) is 58.8 Å². The zero-order valence-electron chi connectivity index (χ0n) is 19.2. The minimum Gasteiger partial charge on any atom is -0.356 e. The first-order chi connectivity index (χ1) is 15.5. The zero-order chi connectivity index (χ0) is 23.1. The fourth-order valence-corrected chi connectivity index (χ4v) is 4.13. The number of hydrogen-bond donors (Lipinski definition) is 3. The molecule has 0 bridgehead atoms. The molecule has 3 rings (SSSR count). The van der Waals surface area contributed by atoms with Crippen molar-refractivity contribution in [1.29, 1.82) is 0 Å². The van der Waals surface area contributed by atoms with Gasteiger partial charge in [-0.25, -0.2) is 0 Å². The van der Waals surface area contributed by atoms with Crippen molar-refractivity contribution in [3.05, 3.63) is 53.1 Å². The SMILES string of the molecule is CCCNC(=O)CCCC(=O)Nc1ccc2c(c1)C(C)c1cccc(C(=O)NCCC)c1-2. The third-order valence-corrected chi connectivity index (χ3v) is 5.79. The van der Waals surface area contributed by atoms with Crippen LogP contribution in [0.2, 0.25) is 0 Å². The first kappa shape index (κ1) is 23.5. The van der Waals surface area contributed by atoms with Crippen LogP contribution in [0.25, 0.3) is 11.1 Å². The van der Waals surface area contributed by atoms with Crippen LogP contribution in [0.5, 0.6) is 0 Å². The van der Waals surface area contributed by atoms with Crippen LogP contribution in [0.3, 0.4) is 0 Å². The average molecular weight is 436 g/mol. The van der Waals surface area contributed by atoms with Crippen LogP contribution in [0.15, 0.2) is 36.4 Å². The Morgan fingerprint density at radius 3 is 2.34 bits per heavy atom. The molecule has 0 aromatic heterocycles. The second-order valence-electron chi connectivity index (χ2n) is 8.30. The Kier molecular flexibility index (Phi) is 8.03. The minimum absolute atomic E-state index is 0.0115. The smallest absolute Gasteiger partial charge is 0.251 e. The molecule has 0 spiro atoms. The van der Waals surface area contributed by atoms with Gasteiger partial charge in [0.2, 0.25) is 11.8 Å². The van der Waals surface area contributed by atoms with Crippen molar-refractivity contribution < 1.29 is 14.4 Å². The maximum atomic E-state index is 12.7. The first-order valence-corrected chi connectivity index (χ1v) is 11.6. The van der Waals surface area contributed by atoms with E-state index in [-0.39, 0.29) is 23.6 Å². The summed E-state index contributed by atoms with van der Waals surface area (Å²) in [6.45, 7) is 7.48. The van der Waals surface area contributed by atoms with Gasteiger partial charge in [0.15, 0.2) is 0 Å². The summed E-state index contributed by atoms with van der Waals surface area (Å²) in [5.41, 5.74) is 5.69. The van der Waals surface area contributed by atoms with Crippen LogP contribution in [0.4, 0.5) is 5.69 Å². The van der Waals surface area contributed by atoms with Crippen LogP contribution >= 0.6 is 0 Å². The van der Waals surface area contributed by atoms with E-state index in [0.717, 1.165) is 40.8 Å². The lowest BCUT2D eigenvalue weighted by Crippen LogP contribution is -2.24. The lowest BCUT2D eigenvalue weighted by molar-refractivity contribution is -0.121. The number of fused-ring (bicyclic) bond motifs is 3. The van der Waals surface area contributed by atoms with Crippen molar-refractivity contribution in [2.75, 3.05) is 18.4 Å². The number of hydrogen-bond acceptors (Lipinski definition) is 3. The molecule has 32 heavy (non-hydrogen) atoms. The summed E-state index contributed by atoms with van der Waals surface area (Å²) in [5.74, 6) is -0.0271. The quantitative estimate of drug-likeness (QED) is 0.510. The Hall–Kier alpha value is -3.15. The molecule has 0 fully saturated rings. The van der Waals surface area contributed by atoms with Gasteiger partial charge in [0.05, 0.1) is 0 Å². The molecule has 0 aliphatic heterocycles. The normalized spacial score (nSPS) is 13.8. The highest BCUT2D eigenvalue weighted by Crippen LogP contribution is 2.47. The zero-order valence-corrected chi connectivity index (χ0v) is 19.2. The predicted molar refractivity (Wildman–Crippen MR) is 128 cm³/mol. The molecule has 0 saturated heterocycles. The lowest BCUT2D eigenvalue weighted by atomic mass is 9.97. The van der Waals surface area contributed by atoms with Crippen LogP contribution in [-0.2, 0) is 9.59 Å². The molecule has 1 aliphatic carbocycles. The van der Waals surface area contributed by atoms with E-state index in [9.17, 15) is 14.4 Å². The summed E-state index contributed by atoms with van der Waals surface area (Å²) in [4.78, 5) is 36.7. The fourth-order valence-electron chi connectivity index (χ4n) is 4.13. The topological polar surface area (TPSA) is 87.3 Å². The van der Waals surface area contributed by atoms with Gasteiger partial charge in [0, 0.05) is 43.1 Å². The standard InChI is InChI=1S/C26H33N3O3/c1-4-14-27-23(30)10-7-11-24(31)29-18-12-13-20-22(16-18)17(3)19-8-6-9-21(25(19)20)26(32)28-15-5-2/h6,8-9,12-13,16-17H,4-5,7,10-11,14-15H2,1-3H3,(H,27,30)(H,28,32)(H,29,31). The number of nitrogens with one attached hydrogen (secondary N) is 3. The molecule has 1 unspecified atom stereocenters. The third kappa shape index (κ3) is 5.36. The summed E-state index contributed by atoms with van der Waals surface area (Å²) in [5, 5.41) is 8.75. The molecule has 2 aromatic rings. The van der Waals surface area contributed by atoms with E-state index < -0.39 is 0 Å². The molecule has 6 heteroatoms. The van der Waals surface area contributed by atoms with E-state index in [0.29, 0.717) is 37.9 Å². The molecule has 0 heterocycles. The number of carbonyl (C=O) groups excluding carboxylic acids is 3. The number of amides is 3. The highest BCUT2D eigenvalue weighted by atomic mass is 16.2. The summed E-state index contributed by atoms with van der Waals surface area (Å²) < 4.78 is 0. The Labute approximate surface area is 190 Å². The van der Waals surface area contributed by atoms with Gasteiger partial charge in [-0.15, -0.1) is 0 Å².